The van der Waals surface area contributed by atoms with Gasteiger partial charge in [0.1, 0.15) is 5.75 Å². The van der Waals surface area contributed by atoms with E-state index in [4.69, 9.17) is 9.47 Å². The van der Waals surface area contributed by atoms with Crippen molar-refractivity contribution in [2.75, 3.05) is 26.3 Å². The summed E-state index contributed by atoms with van der Waals surface area (Å²) in [5, 5.41) is 6.23. The fourth-order valence-corrected chi connectivity index (χ4v) is 2.36. The lowest BCUT2D eigenvalue weighted by Gasteiger charge is -2.24. The molecule has 1 saturated heterocycles. The van der Waals surface area contributed by atoms with Crippen LogP contribution in [0.1, 0.15) is 31.9 Å². The molecule has 116 valence electrons. The van der Waals surface area contributed by atoms with Crippen molar-refractivity contribution in [2.45, 2.75) is 32.4 Å². The van der Waals surface area contributed by atoms with Gasteiger partial charge in [-0.3, -0.25) is 4.79 Å². The maximum atomic E-state index is 12.0. The lowest BCUT2D eigenvalue weighted by molar-refractivity contribution is -0.125. The molecule has 1 fully saturated rings. The Labute approximate surface area is 126 Å². The maximum Gasteiger partial charge on any atom is 0.223 e. The van der Waals surface area contributed by atoms with Gasteiger partial charge < -0.3 is 20.1 Å². The highest BCUT2D eigenvalue weighted by molar-refractivity contribution is 5.77. The minimum atomic E-state index is -0.0234. The molecule has 1 aromatic rings. The van der Waals surface area contributed by atoms with Crippen LogP contribution in [0.15, 0.2) is 24.3 Å². The average molecular weight is 292 g/mol. The first-order chi connectivity index (χ1) is 10.2. The van der Waals surface area contributed by atoms with E-state index < -0.39 is 0 Å². The molecule has 1 aliphatic rings. The zero-order valence-corrected chi connectivity index (χ0v) is 12.7. The SMILES string of the molecule is CCOc1ccc(C(C)NC(=O)CC2CNCCO2)cc1. The van der Waals surface area contributed by atoms with Crippen molar-refractivity contribution in [1.82, 2.24) is 10.6 Å². The summed E-state index contributed by atoms with van der Waals surface area (Å²) >= 11 is 0. The summed E-state index contributed by atoms with van der Waals surface area (Å²) < 4.78 is 11.0. The first kappa shape index (κ1) is 15.8. The summed E-state index contributed by atoms with van der Waals surface area (Å²) in [6, 6.07) is 7.79. The zero-order valence-electron chi connectivity index (χ0n) is 12.7. The van der Waals surface area contributed by atoms with Gasteiger partial charge in [0.05, 0.1) is 31.8 Å². The largest absolute Gasteiger partial charge is 0.494 e. The van der Waals surface area contributed by atoms with Crippen LogP contribution in [-0.2, 0) is 9.53 Å². The van der Waals surface area contributed by atoms with Crippen LogP contribution < -0.4 is 15.4 Å². The smallest absolute Gasteiger partial charge is 0.223 e. The van der Waals surface area contributed by atoms with Gasteiger partial charge in [0.2, 0.25) is 5.91 Å². The lowest BCUT2D eigenvalue weighted by atomic mass is 10.1. The predicted octanol–water partition coefficient (Wildman–Crippen LogP) is 1.64. The topological polar surface area (TPSA) is 59.6 Å². The van der Waals surface area contributed by atoms with Crippen molar-refractivity contribution >= 4 is 5.91 Å². The monoisotopic (exact) mass is 292 g/mol. The number of carbonyl (C=O) groups is 1. The highest BCUT2D eigenvalue weighted by Gasteiger charge is 2.18. The average Bonchev–Trinajstić information content (AvgIpc) is 2.49. The predicted molar refractivity (Wildman–Crippen MR) is 81.4 cm³/mol. The number of carbonyl (C=O) groups excluding carboxylic acids is 1. The molecule has 2 rings (SSSR count). The second-order valence-electron chi connectivity index (χ2n) is 5.19. The van der Waals surface area contributed by atoms with Gasteiger partial charge in [-0.2, -0.15) is 0 Å². The second-order valence-corrected chi connectivity index (χ2v) is 5.19. The molecular formula is C16H24N2O3. The number of ether oxygens (including phenoxy) is 2. The van der Waals surface area contributed by atoms with E-state index in [-0.39, 0.29) is 18.1 Å². The van der Waals surface area contributed by atoms with Crippen LogP contribution >= 0.6 is 0 Å². The molecular weight excluding hydrogens is 268 g/mol. The molecule has 2 N–H and O–H groups in total. The molecule has 2 atom stereocenters. The molecule has 1 aliphatic heterocycles. The Morgan fingerprint density at radius 2 is 2.24 bits per heavy atom. The molecule has 0 saturated carbocycles. The van der Waals surface area contributed by atoms with E-state index in [0.29, 0.717) is 19.6 Å². The van der Waals surface area contributed by atoms with Crippen molar-refractivity contribution in [3.8, 4) is 5.75 Å². The molecule has 0 radical (unpaired) electrons. The summed E-state index contributed by atoms with van der Waals surface area (Å²) in [6.07, 6.45) is 0.375. The standard InChI is InChI=1S/C16H24N2O3/c1-3-20-14-6-4-13(5-7-14)12(2)18-16(19)10-15-11-17-8-9-21-15/h4-7,12,15,17H,3,8-11H2,1-2H3,(H,18,19). The summed E-state index contributed by atoms with van der Waals surface area (Å²) in [5.74, 6) is 0.867. The minimum absolute atomic E-state index is 0.0186. The maximum absolute atomic E-state index is 12.0. The molecule has 0 spiro atoms. The second kappa shape index (κ2) is 8.00. The fraction of sp³-hybridized carbons (Fsp3) is 0.562. The molecule has 1 heterocycles. The number of hydrogen-bond donors (Lipinski definition) is 2. The summed E-state index contributed by atoms with van der Waals surface area (Å²) in [5.41, 5.74) is 1.06. The third-order valence-corrected chi connectivity index (χ3v) is 3.49. The van der Waals surface area contributed by atoms with Gasteiger partial charge in [0.25, 0.3) is 0 Å². The van der Waals surface area contributed by atoms with E-state index in [2.05, 4.69) is 10.6 Å². The van der Waals surface area contributed by atoms with Crippen LogP contribution in [0.2, 0.25) is 0 Å². The lowest BCUT2D eigenvalue weighted by Crippen LogP contribution is -2.41. The van der Waals surface area contributed by atoms with Crippen LogP contribution in [0, 0.1) is 0 Å². The molecule has 0 aromatic heterocycles. The van der Waals surface area contributed by atoms with Crippen molar-refractivity contribution < 1.29 is 14.3 Å². The van der Waals surface area contributed by atoms with Gasteiger partial charge >= 0.3 is 0 Å². The molecule has 1 aromatic carbocycles. The molecule has 5 heteroatoms. The number of rotatable bonds is 6. The number of nitrogens with one attached hydrogen (secondary N) is 2. The number of morpholine rings is 1. The molecule has 0 aliphatic carbocycles. The normalized spacial score (nSPS) is 19.8. The van der Waals surface area contributed by atoms with Crippen molar-refractivity contribution in [3.63, 3.8) is 0 Å². The Balaban J connectivity index is 1.82. The Morgan fingerprint density at radius 3 is 2.86 bits per heavy atom. The van der Waals surface area contributed by atoms with Crippen LogP contribution in [0.3, 0.4) is 0 Å². The summed E-state index contributed by atoms with van der Waals surface area (Å²) in [6.45, 7) is 6.87. The molecule has 0 bridgehead atoms. The van der Waals surface area contributed by atoms with Crippen molar-refractivity contribution in [2.24, 2.45) is 0 Å². The number of benzene rings is 1. The molecule has 1 amide bonds. The first-order valence-corrected chi connectivity index (χ1v) is 7.53. The van der Waals surface area contributed by atoms with Crippen molar-refractivity contribution in [3.05, 3.63) is 29.8 Å². The molecule has 2 unspecified atom stereocenters. The van der Waals surface area contributed by atoms with E-state index in [1.165, 1.54) is 0 Å². The van der Waals surface area contributed by atoms with Gasteiger partial charge in [-0.05, 0) is 31.5 Å². The quantitative estimate of drug-likeness (QED) is 0.837. The van der Waals surface area contributed by atoms with Gasteiger partial charge in [-0.25, -0.2) is 0 Å². The van der Waals surface area contributed by atoms with Crippen LogP contribution in [0.5, 0.6) is 5.75 Å². The van der Waals surface area contributed by atoms with Crippen LogP contribution in [-0.4, -0.2) is 38.3 Å². The summed E-state index contributed by atoms with van der Waals surface area (Å²) in [7, 11) is 0. The van der Waals surface area contributed by atoms with Gasteiger partial charge in [-0.1, -0.05) is 12.1 Å². The Morgan fingerprint density at radius 1 is 1.48 bits per heavy atom. The summed E-state index contributed by atoms with van der Waals surface area (Å²) in [4.78, 5) is 12.0. The van der Waals surface area contributed by atoms with E-state index in [0.717, 1.165) is 24.4 Å². The number of hydrogen-bond acceptors (Lipinski definition) is 4. The zero-order chi connectivity index (χ0) is 15.1. The Kier molecular flexibility index (Phi) is 6.02. The third-order valence-electron chi connectivity index (χ3n) is 3.49. The highest BCUT2D eigenvalue weighted by atomic mass is 16.5. The fourth-order valence-electron chi connectivity index (χ4n) is 2.36. The Hall–Kier alpha value is -1.59. The van der Waals surface area contributed by atoms with E-state index in [1.807, 2.05) is 38.1 Å². The van der Waals surface area contributed by atoms with E-state index in [1.54, 1.807) is 0 Å². The Bertz CT molecular complexity index is 441. The van der Waals surface area contributed by atoms with Gasteiger partial charge in [0, 0.05) is 13.1 Å². The molecule has 5 nitrogen and oxygen atoms in total. The highest BCUT2D eigenvalue weighted by Crippen LogP contribution is 2.18. The van der Waals surface area contributed by atoms with Gasteiger partial charge in [0.15, 0.2) is 0 Å². The third kappa shape index (κ3) is 5.02. The van der Waals surface area contributed by atoms with Crippen LogP contribution in [0.4, 0.5) is 0 Å². The van der Waals surface area contributed by atoms with Crippen molar-refractivity contribution in [1.29, 1.82) is 0 Å². The minimum Gasteiger partial charge on any atom is -0.494 e. The van der Waals surface area contributed by atoms with Gasteiger partial charge in [-0.15, -0.1) is 0 Å². The van der Waals surface area contributed by atoms with E-state index >= 15 is 0 Å². The first-order valence-electron chi connectivity index (χ1n) is 7.53. The van der Waals surface area contributed by atoms with Crippen LogP contribution in [0.25, 0.3) is 0 Å². The number of amides is 1. The van der Waals surface area contributed by atoms with E-state index in [9.17, 15) is 4.79 Å². The molecule has 21 heavy (non-hydrogen) atoms.